The number of hydrogen-bond donors (Lipinski definition) is 1. The van der Waals surface area contributed by atoms with Gasteiger partial charge in [0, 0.05) is 6.04 Å². The highest BCUT2D eigenvalue weighted by Crippen LogP contribution is 2.37. The zero-order chi connectivity index (χ0) is 14.2. The van der Waals surface area contributed by atoms with Gasteiger partial charge >= 0.3 is 5.97 Å². The first kappa shape index (κ1) is 14.1. The van der Waals surface area contributed by atoms with E-state index in [2.05, 4.69) is 43.9 Å². The minimum atomic E-state index is -0.725. The van der Waals surface area contributed by atoms with E-state index in [4.69, 9.17) is 0 Å². The summed E-state index contributed by atoms with van der Waals surface area (Å²) < 4.78 is 0. The predicted molar refractivity (Wildman–Crippen MR) is 76.3 cm³/mol. The SMILES string of the molecule is Cc1cc(C)cc(C(C)N2CCCC2(C)C(=O)O)c1. The van der Waals surface area contributed by atoms with E-state index in [-0.39, 0.29) is 6.04 Å². The maximum absolute atomic E-state index is 11.6. The second kappa shape index (κ2) is 4.97. The minimum absolute atomic E-state index is 0.141. The summed E-state index contributed by atoms with van der Waals surface area (Å²) in [7, 11) is 0. The van der Waals surface area contributed by atoms with Gasteiger partial charge in [-0.1, -0.05) is 29.3 Å². The lowest BCUT2D eigenvalue weighted by molar-refractivity contribution is -0.149. The highest BCUT2D eigenvalue weighted by atomic mass is 16.4. The van der Waals surface area contributed by atoms with Crippen LogP contribution in [0, 0.1) is 13.8 Å². The molecule has 1 fully saturated rings. The molecule has 1 aromatic carbocycles. The van der Waals surface area contributed by atoms with Crippen molar-refractivity contribution in [1.82, 2.24) is 4.90 Å². The molecule has 0 radical (unpaired) electrons. The van der Waals surface area contributed by atoms with Crippen LogP contribution in [-0.4, -0.2) is 28.1 Å². The summed E-state index contributed by atoms with van der Waals surface area (Å²) in [5, 5.41) is 9.51. The van der Waals surface area contributed by atoms with Crippen LogP contribution in [0.4, 0.5) is 0 Å². The van der Waals surface area contributed by atoms with Crippen molar-refractivity contribution >= 4 is 5.97 Å². The monoisotopic (exact) mass is 261 g/mol. The van der Waals surface area contributed by atoms with Crippen molar-refractivity contribution in [1.29, 1.82) is 0 Å². The van der Waals surface area contributed by atoms with Crippen LogP contribution in [-0.2, 0) is 4.79 Å². The molecule has 0 aromatic heterocycles. The molecule has 0 saturated carbocycles. The first-order valence-corrected chi connectivity index (χ1v) is 6.93. The Labute approximate surface area is 115 Å². The highest BCUT2D eigenvalue weighted by Gasteiger charge is 2.45. The number of nitrogens with zero attached hydrogens (tertiary/aromatic N) is 1. The normalized spacial score (nSPS) is 25.5. The van der Waals surface area contributed by atoms with Gasteiger partial charge in [0.1, 0.15) is 5.54 Å². The fraction of sp³-hybridized carbons (Fsp3) is 0.562. The lowest BCUT2D eigenvalue weighted by Crippen LogP contribution is -2.48. The van der Waals surface area contributed by atoms with Gasteiger partial charge in [0.25, 0.3) is 0 Å². The molecule has 1 heterocycles. The molecule has 1 aromatic rings. The largest absolute Gasteiger partial charge is 0.480 e. The Morgan fingerprint density at radius 2 is 1.89 bits per heavy atom. The molecule has 0 spiro atoms. The van der Waals surface area contributed by atoms with Gasteiger partial charge in [-0.05, 0) is 52.6 Å². The van der Waals surface area contributed by atoms with E-state index >= 15 is 0 Å². The van der Waals surface area contributed by atoms with E-state index in [0.717, 1.165) is 19.4 Å². The van der Waals surface area contributed by atoms with E-state index in [9.17, 15) is 9.90 Å². The first-order valence-electron chi connectivity index (χ1n) is 6.93. The molecule has 0 amide bonds. The molecule has 1 aliphatic rings. The van der Waals surface area contributed by atoms with E-state index < -0.39 is 11.5 Å². The van der Waals surface area contributed by atoms with Crippen LogP contribution in [0.1, 0.15) is 49.4 Å². The zero-order valence-corrected chi connectivity index (χ0v) is 12.2. The van der Waals surface area contributed by atoms with Crippen LogP contribution in [0.2, 0.25) is 0 Å². The van der Waals surface area contributed by atoms with Gasteiger partial charge in [0.05, 0.1) is 0 Å². The van der Waals surface area contributed by atoms with E-state index in [1.807, 2.05) is 6.92 Å². The third-order valence-corrected chi connectivity index (χ3v) is 4.35. The van der Waals surface area contributed by atoms with Gasteiger partial charge in [0.2, 0.25) is 0 Å². The predicted octanol–water partition coefficient (Wildman–Crippen LogP) is 3.30. The summed E-state index contributed by atoms with van der Waals surface area (Å²) in [5.41, 5.74) is 2.96. The number of likely N-dealkylation sites (tertiary alicyclic amines) is 1. The summed E-state index contributed by atoms with van der Waals surface area (Å²) in [5.74, 6) is -0.707. The fourth-order valence-corrected chi connectivity index (χ4v) is 3.27. The lowest BCUT2D eigenvalue weighted by atomic mass is 9.95. The quantitative estimate of drug-likeness (QED) is 0.907. The number of carboxylic acid groups (broad SMARTS) is 1. The Hall–Kier alpha value is -1.35. The van der Waals surface area contributed by atoms with Crippen molar-refractivity contribution in [2.45, 2.75) is 52.1 Å². The first-order chi connectivity index (χ1) is 8.84. The van der Waals surface area contributed by atoms with Crippen LogP contribution >= 0.6 is 0 Å². The molecule has 0 bridgehead atoms. The van der Waals surface area contributed by atoms with Crippen LogP contribution < -0.4 is 0 Å². The molecular formula is C16H23NO2. The van der Waals surface area contributed by atoms with Crippen molar-refractivity contribution in [3.8, 4) is 0 Å². The van der Waals surface area contributed by atoms with Crippen molar-refractivity contribution < 1.29 is 9.90 Å². The summed E-state index contributed by atoms with van der Waals surface area (Å²) in [6.45, 7) is 8.99. The molecule has 1 saturated heterocycles. The molecule has 2 unspecified atom stereocenters. The molecule has 3 heteroatoms. The molecule has 1 N–H and O–H groups in total. The van der Waals surface area contributed by atoms with E-state index in [1.165, 1.54) is 16.7 Å². The standard InChI is InChI=1S/C16H23NO2/c1-11-8-12(2)10-14(9-11)13(3)17-7-5-6-16(17,4)15(18)19/h8-10,13H,5-7H2,1-4H3,(H,18,19). The zero-order valence-electron chi connectivity index (χ0n) is 12.2. The van der Waals surface area contributed by atoms with Gasteiger partial charge in [-0.25, -0.2) is 0 Å². The molecule has 1 aliphatic heterocycles. The summed E-state index contributed by atoms with van der Waals surface area (Å²) in [6.07, 6.45) is 1.69. The Kier molecular flexibility index (Phi) is 3.68. The van der Waals surface area contributed by atoms with Gasteiger partial charge in [-0.3, -0.25) is 9.69 Å². The molecule has 2 atom stereocenters. The maximum atomic E-state index is 11.6. The third-order valence-electron chi connectivity index (χ3n) is 4.35. The van der Waals surface area contributed by atoms with Gasteiger partial charge in [0.15, 0.2) is 0 Å². The minimum Gasteiger partial charge on any atom is -0.480 e. The van der Waals surface area contributed by atoms with Crippen molar-refractivity contribution in [2.75, 3.05) is 6.54 Å². The molecular weight excluding hydrogens is 238 g/mol. The van der Waals surface area contributed by atoms with Gasteiger partial charge in [-0.2, -0.15) is 0 Å². The summed E-state index contributed by atoms with van der Waals surface area (Å²) in [6, 6.07) is 6.62. The van der Waals surface area contributed by atoms with Crippen LogP contribution in [0.5, 0.6) is 0 Å². The number of aryl methyl sites for hydroxylation is 2. The third kappa shape index (κ3) is 2.52. The molecule has 2 rings (SSSR count). The Morgan fingerprint density at radius 3 is 2.42 bits per heavy atom. The van der Waals surface area contributed by atoms with E-state index in [0.29, 0.717) is 0 Å². The Balaban J connectivity index is 2.33. The number of aliphatic carboxylic acids is 1. The van der Waals surface area contributed by atoms with Crippen molar-refractivity contribution in [3.05, 3.63) is 34.9 Å². The van der Waals surface area contributed by atoms with Crippen molar-refractivity contribution in [2.24, 2.45) is 0 Å². The number of carboxylic acids is 1. The molecule has 0 aliphatic carbocycles. The van der Waals surface area contributed by atoms with E-state index in [1.54, 1.807) is 0 Å². The van der Waals surface area contributed by atoms with Crippen molar-refractivity contribution in [3.63, 3.8) is 0 Å². The fourth-order valence-electron chi connectivity index (χ4n) is 3.27. The van der Waals surface area contributed by atoms with Crippen LogP contribution in [0.25, 0.3) is 0 Å². The Bertz CT molecular complexity index is 477. The maximum Gasteiger partial charge on any atom is 0.323 e. The summed E-state index contributed by atoms with van der Waals surface area (Å²) in [4.78, 5) is 13.7. The summed E-state index contributed by atoms with van der Waals surface area (Å²) >= 11 is 0. The molecule has 19 heavy (non-hydrogen) atoms. The van der Waals surface area contributed by atoms with Crippen LogP contribution in [0.15, 0.2) is 18.2 Å². The Morgan fingerprint density at radius 1 is 1.32 bits per heavy atom. The second-order valence-electron chi connectivity index (χ2n) is 5.97. The number of rotatable bonds is 3. The molecule has 3 nitrogen and oxygen atoms in total. The molecule has 104 valence electrons. The van der Waals surface area contributed by atoms with Crippen LogP contribution in [0.3, 0.4) is 0 Å². The smallest absolute Gasteiger partial charge is 0.323 e. The second-order valence-corrected chi connectivity index (χ2v) is 5.97. The number of hydrogen-bond acceptors (Lipinski definition) is 2. The lowest BCUT2D eigenvalue weighted by Gasteiger charge is -2.36. The van der Waals surface area contributed by atoms with Gasteiger partial charge in [-0.15, -0.1) is 0 Å². The highest BCUT2D eigenvalue weighted by molar-refractivity contribution is 5.78. The van der Waals surface area contributed by atoms with Gasteiger partial charge < -0.3 is 5.11 Å². The average Bonchev–Trinajstić information content (AvgIpc) is 2.70. The topological polar surface area (TPSA) is 40.5 Å². The average molecular weight is 261 g/mol. The number of carbonyl (C=O) groups is 1. The number of benzene rings is 1.